The first kappa shape index (κ1) is 18.8. The summed E-state index contributed by atoms with van der Waals surface area (Å²) in [4.78, 5) is 12.1. The molecule has 0 radical (unpaired) electrons. The molecule has 2 aromatic rings. The number of carbonyl (C=O) groups excluding carboxylic acids is 1. The molecule has 0 unspecified atom stereocenters. The van der Waals surface area contributed by atoms with Gasteiger partial charge in [0.2, 0.25) is 5.91 Å². The van der Waals surface area contributed by atoms with E-state index in [1.807, 2.05) is 48.5 Å². The second kappa shape index (κ2) is 10.4. The Labute approximate surface area is 150 Å². The number of nitrogens with one attached hydrogen (secondary N) is 1. The molecule has 0 aliphatic heterocycles. The first-order valence-electron chi connectivity index (χ1n) is 8.82. The smallest absolute Gasteiger partial charge is 0.224 e. The van der Waals surface area contributed by atoms with Crippen molar-refractivity contribution in [2.75, 3.05) is 20.3 Å². The van der Waals surface area contributed by atoms with Crippen LogP contribution in [0.2, 0.25) is 0 Å². The first-order valence-corrected chi connectivity index (χ1v) is 8.82. The molecule has 0 aliphatic carbocycles. The van der Waals surface area contributed by atoms with Gasteiger partial charge in [-0.3, -0.25) is 4.79 Å². The second-order valence-electron chi connectivity index (χ2n) is 5.97. The van der Waals surface area contributed by atoms with Crippen LogP contribution in [-0.4, -0.2) is 26.2 Å². The summed E-state index contributed by atoms with van der Waals surface area (Å²) in [6.45, 7) is 3.49. The zero-order valence-electron chi connectivity index (χ0n) is 15.1. The third-order valence-corrected chi connectivity index (χ3v) is 3.92. The van der Waals surface area contributed by atoms with Crippen molar-refractivity contribution < 1.29 is 14.3 Å². The standard InChI is InChI=1S/C21H27NO3/c1-3-4-14-25-19-10-8-18(9-11-19)16-21(23)22-13-12-17-6-5-7-20(15-17)24-2/h5-11,15H,3-4,12-14,16H2,1-2H3,(H,22,23). The Balaban J connectivity index is 1.72. The van der Waals surface area contributed by atoms with E-state index in [2.05, 4.69) is 12.2 Å². The zero-order chi connectivity index (χ0) is 17.9. The van der Waals surface area contributed by atoms with Gasteiger partial charge in [-0.15, -0.1) is 0 Å². The molecule has 0 atom stereocenters. The van der Waals surface area contributed by atoms with Crippen LogP contribution in [0.25, 0.3) is 0 Å². The van der Waals surface area contributed by atoms with Crippen LogP contribution in [0.1, 0.15) is 30.9 Å². The molecule has 0 spiro atoms. The van der Waals surface area contributed by atoms with E-state index in [1.54, 1.807) is 7.11 Å². The monoisotopic (exact) mass is 341 g/mol. The predicted octanol–water partition coefficient (Wildman–Crippen LogP) is 3.78. The molecule has 0 aliphatic rings. The van der Waals surface area contributed by atoms with Gasteiger partial charge < -0.3 is 14.8 Å². The molecule has 25 heavy (non-hydrogen) atoms. The highest BCUT2D eigenvalue weighted by Crippen LogP contribution is 2.14. The fourth-order valence-corrected chi connectivity index (χ4v) is 2.46. The first-order chi connectivity index (χ1) is 12.2. The molecular weight excluding hydrogens is 314 g/mol. The van der Waals surface area contributed by atoms with E-state index in [9.17, 15) is 4.79 Å². The summed E-state index contributed by atoms with van der Waals surface area (Å²) >= 11 is 0. The molecule has 1 N–H and O–H groups in total. The van der Waals surface area contributed by atoms with Crippen molar-refractivity contribution in [3.63, 3.8) is 0 Å². The number of carbonyl (C=O) groups is 1. The molecule has 0 bridgehead atoms. The lowest BCUT2D eigenvalue weighted by Gasteiger charge is -2.08. The highest BCUT2D eigenvalue weighted by molar-refractivity contribution is 5.78. The van der Waals surface area contributed by atoms with Crippen LogP contribution in [0, 0.1) is 0 Å². The Morgan fingerprint density at radius 1 is 1.04 bits per heavy atom. The molecule has 0 heterocycles. The second-order valence-corrected chi connectivity index (χ2v) is 5.97. The van der Waals surface area contributed by atoms with E-state index >= 15 is 0 Å². The van der Waals surface area contributed by atoms with E-state index in [0.29, 0.717) is 13.0 Å². The predicted molar refractivity (Wildman–Crippen MR) is 100 cm³/mol. The van der Waals surface area contributed by atoms with Crippen LogP contribution in [0.3, 0.4) is 0 Å². The number of hydrogen-bond acceptors (Lipinski definition) is 3. The Morgan fingerprint density at radius 3 is 2.56 bits per heavy atom. The lowest BCUT2D eigenvalue weighted by atomic mass is 10.1. The largest absolute Gasteiger partial charge is 0.497 e. The van der Waals surface area contributed by atoms with Gasteiger partial charge in [-0.1, -0.05) is 37.6 Å². The van der Waals surface area contributed by atoms with Gasteiger partial charge in [0.15, 0.2) is 0 Å². The van der Waals surface area contributed by atoms with Crippen LogP contribution < -0.4 is 14.8 Å². The fraction of sp³-hybridized carbons (Fsp3) is 0.381. The van der Waals surface area contributed by atoms with Gasteiger partial charge in [0, 0.05) is 6.54 Å². The minimum atomic E-state index is 0.0301. The number of unbranched alkanes of at least 4 members (excludes halogenated alkanes) is 1. The summed E-state index contributed by atoms with van der Waals surface area (Å²) in [5.74, 6) is 1.73. The Kier molecular flexibility index (Phi) is 7.83. The SMILES string of the molecule is CCCCOc1ccc(CC(=O)NCCc2cccc(OC)c2)cc1. The topological polar surface area (TPSA) is 47.6 Å². The highest BCUT2D eigenvalue weighted by atomic mass is 16.5. The molecular formula is C21H27NO3. The summed E-state index contributed by atoms with van der Waals surface area (Å²) in [5.41, 5.74) is 2.13. The van der Waals surface area contributed by atoms with Crippen LogP contribution >= 0.6 is 0 Å². The third-order valence-electron chi connectivity index (χ3n) is 3.92. The molecule has 0 saturated carbocycles. The molecule has 134 valence electrons. The van der Waals surface area contributed by atoms with Crippen molar-refractivity contribution in [2.24, 2.45) is 0 Å². The van der Waals surface area contributed by atoms with Crippen molar-refractivity contribution in [3.05, 3.63) is 59.7 Å². The van der Waals surface area contributed by atoms with E-state index in [-0.39, 0.29) is 5.91 Å². The molecule has 0 fully saturated rings. The van der Waals surface area contributed by atoms with E-state index in [4.69, 9.17) is 9.47 Å². The number of rotatable bonds is 10. The van der Waals surface area contributed by atoms with E-state index < -0.39 is 0 Å². The quantitative estimate of drug-likeness (QED) is 0.669. The van der Waals surface area contributed by atoms with Gasteiger partial charge in [0.1, 0.15) is 11.5 Å². The Morgan fingerprint density at radius 2 is 1.84 bits per heavy atom. The molecule has 0 saturated heterocycles. The summed E-state index contributed by atoms with van der Waals surface area (Å²) in [6, 6.07) is 15.6. The van der Waals surface area contributed by atoms with Crippen molar-refractivity contribution in [1.29, 1.82) is 0 Å². The molecule has 4 nitrogen and oxygen atoms in total. The van der Waals surface area contributed by atoms with E-state index in [0.717, 1.165) is 48.5 Å². The Bertz CT molecular complexity index is 652. The van der Waals surface area contributed by atoms with Crippen LogP contribution in [-0.2, 0) is 17.6 Å². The lowest BCUT2D eigenvalue weighted by Crippen LogP contribution is -2.27. The Hall–Kier alpha value is -2.49. The van der Waals surface area contributed by atoms with Gasteiger partial charge in [0.05, 0.1) is 20.1 Å². The minimum Gasteiger partial charge on any atom is -0.497 e. The average molecular weight is 341 g/mol. The maximum atomic E-state index is 12.1. The number of methoxy groups -OCH3 is 1. The average Bonchev–Trinajstić information content (AvgIpc) is 2.63. The maximum Gasteiger partial charge on any atom is 0.224 e. The van der Waals surface area contributed by atoms with Crippen molar-refractivity contribution in [1.82, 2.24) is 5.32 Å². The van der Waals surface area contributed by atoms with Gasteiger partial charge in [-0.2, -0.15) is 0 Å². The number of ether oxygens (including phenoxy) is 2. The molecule has 2 aromatic carbocycles. The lowest BCUT2D eigenvalue weighted by molar-refractivity contribution is -0.120. The summed E-state index contributed by atoms with van der Waals surface area (Å²) in [6.07, 6.45) is 3.34. The molecule has 4 heteroatoms. The third kappa shape index (κ3) is 6.87. The van der Waals surface area contributed by atoms with Crippen molar-refractivity contribution in [2.45, 2.75) is 32.6 Å². The van der Waals surface area contributed by atoms with E-state index in [1.165, 1.54) is 0 Å². The summed E-state index contributed by atoms with van der Waals surface area (Å²) in [5, 5.41) is 2.96. The molecule has 1 amide bonds. The van der Waals surface area contributed by atoms with Gasteiger partial charge >= 0.3 is 0 Å². The van der Waals surface area contributed by atoms with Crippen LogP contribution in [0.15, 0.2) is 48.5 Å². The number of hydrogen-bond donors (Lipinski definition) is 1. The zero-order valence-corrected chi connectivity index (χ0v) is 15.1. The van der Waals surface area contributed by atoms with Gasteiger partial charge in [-0.25, -0.2) is 0 Å². The number of amides is 1. The number of benzene rings is 2. The summed E-state index contributed by atoms with van der Waals surface area (Å²) < 4.78 is 10.8. The van der Waals surface area contributed by atoms with Crippen LogP contribution in [0.4, 0.5) is 0 Å². The van der Waals surface area contributed by atoms with Crippen LogP contribution in [0.5, 0.6) is 11.5 Å². The molecule has 2 rings (SSSR count). The molecule has 0 aromatic heterocycles. The summed E-state index contributed by atoms with van der Waals surface area (Å²) in [7, 11) is 1.65. The minimum absolute atomic E-state index is 0.0301. The van der Waals surface area contributed by atoms with Crippen molar-refractivity contribution >= 4 is 5.91 Å². The van der Waals surface area contributed by atoms with Gasteiger partial charge in [-0.05, 0) is 48.2 Å². The maximum absolute atomic E-state index is 12.1. The van der Waals surface area contributed by atoms with Gasteiger partial charge in [0.25, 0.3) is 0 Å². The highest BCUT2D eigenvalue weighted by Gasteiger charge is 2.04. The fourth-order valence-electron chi connectivity index (χ4n) is 2.46. The normalized spacial score (nSPS) is 10.3. The van der Waals surface area contributed by atoms with Crippen molar-refractivity contribution in [3.8, 4) is 11.5 Å².